The monoisotopic (exact) mass is 392 g/mol. The number of isocyanates is 2. The number of halogens is 1. The van der Waals surface area contributed by atoms with Crippen molar-refractivity contribution in [3.63, 3.8) is 0 Å². The van der Waals surface area contributed by atoms with E-state index in [0.29, 0.717) is 39.4 Å². The van der Waals surface area contributed by atoms with Gasteiger partial charge in [-0.15, -0.1) is 0 Å². The molecule has 0 saturated carbocycles. The third kappa shape index (κ3) is 6.17. The summed E-state index contributed by atoms with van der Waals surface area (Å²) in [5.74, 6) is 1.87. The van der Waals surface area contributed by atoms with Crippen LogP contribution in [0.2, 0.25) is 5.02 Å². The zero-order valence-corrected chi connectivity index (χ0v) is 15.9. The first-order valence-electron chi connectivity index (χ1n) is 7.33. The van der Waals surface area contributed by atoms with Gasteiger partial charge in [-0.2, -0.15) is 9.98 Å². The Morgan fingerprint density at radius 3 is 1.78 bits per heavy atom. The SMILES string of the molecule is COc1cc(N=C=O)cc(OC)c1OC.COc1ccc(Cl)cc1N=C=O. The van der Waals surface area contributed by atoms with Gasteiger partial charge >= 0.3 is 0 Å². The van der Waals surface area contributed by atoms with Crippen molar-refractivity contribution in [3.8, 4) is 23.0 Å². The van der Waals surface area contributed by atoms with Gasteiger partial charge < -0.3 is 18.9 Å². The Balaban J connectivity index is 0.000000277. The van der Waals surface area contributed by atoms with Crippen molar-refractivity contribution < 1.29 is 28.5 Å². The number of ether oxygens (including phenoxy) is 4. The maximum Gasteiger partial charge on any atom is 0.240 e. The number of hydrogen-bond acceptors (Lipinski definition) is 8. The Morgan fingerprint density at radius 2 is 1.33 bits per heavy atom. The van der Waals surface area contributed by atoms with Crippen molar-refractivity contribution in [1.29, 1.82) is 0 Å². The Bertz CT molecular complexity index is 849. The summed E-state index contributed by atoms with van der Waals surface area (Å²) >= 11 is 5.66. The lowest BCUT2D eigenvalue weighted by Crippen LogP contribution is -1.94. The van der Waals surface area contributed by atoms with E-state index in [9.17, 15) is 9.59 Å². The Labute approximate surface area is 161 Å². The van der Waals surface area contributed by atoms with Crippen molar-refractivity contribution in [2.45, 2.75) is 0 Å². The molecule has 0 spiro atoms. The summed E-state index contributed by atoms with van der Waals surface area (Å²) < 4.78 is 20.2. The highest BCUT2D eigenvalue weighted by Crippen LogP contribution is 2.40. The molecule has 27 heavy (non-hydrogen) atoms. The van der Waals surface area contributed by atoms with Crippen LogP contribution in [0.25, 0.3) is 0 Å². The molecule has 2 aromatic carbocycles. The minimum Gasteiger partial charge on any atom is -0.494 e. The number of nitrogens with zero attached hydrogens (tertiary/aromatic N) is 2. The fourth-order valence-electron chi connectivity index (χ4n) is 1.98. The molecule has 0 aliphatic rings. The Hall–Kier alpha value is -3.31. The minimum atomic E-state index is 0.389. The van der Waals surface area contributed by atoms with Gasteiger partial charge in [-0.1, -0.05) is 11.6 Å². The predicted octanol–water partition coefficient (Wildman–Crippen LogP) is 4.00. The average Bonchev–Trinajstić information content (AvgIpc) is 2.68. The molecule has 0 bridgehead atoms. The van der Waals surface area contributed by atoms with Crippen LogP contribution < -0.4 is 18.9 Å². The van der Waals surface area contributed by atoms with Crippen LogP contribution in [0.1, 0.15) is 0 Å². The van der Waals surface area contributed by atoms with Crippen molar-refractivity contribution in [3.05, 3.63) is 35.4 Å². The van der Waals surface area contributed by atoms with E-state index in [1.807, 2.05) is 0 Å². The van der Waals surface area contributed by atoms with Gasteiger partial charge in [0.15, 0.2) is 11.5 Å². The van der Waals surface area contributed by atoms with E-state index in [0.717, 1.165) is 0 Å². The smallest absolute Gasteiger partial charge is 0.240 e. The summed E-state index contributed by atoms with van der Waals surface area (Å²) in [7, 11) is 5.98. The molecule has 9 heteroatoms. The van der Waals surface area contributed by atoms with E-state index in [2.05, 4.69) is 9.98 Å². The molecule has 0 saturated heterocycles. The van der Waals surface area contributed by atoms with Crippen molar-refractivity contribution in [1.82, 2.24) is 0 Å². The molecular formula is C18H17ClN2O6. The van der Waals surface area contributed by atoms with Crippen LogP contribution in [0.3, 0.4) is 0 Å². The summed E-state index contributed by atoms with van der Waals surface area (Å²) in [6.07, 6.45) is 2.87. The van der Waals surface area contributed by atoms with E-state index < -0.39 is 0 Å². The molecule has 0 aliphatic carbocycles. The number of benzene rings is 2. The van der Waals surface area contributed by atoms with Gasteiger partial charge in [0.1, 0.15) is 11.4 Å². The van der Waals surface area contributed by atoms with Crippen molar-refractivity contribution >= 4 is 35.1 Å². The average molecular weight is 393 g/mol. The van der Waals surface area contributed by atoms with Gasteiger partial charge in [0.05, 0.1) is 34.1 Å². The molecule has 8 nitrogen and oxygen atoms in total. The summed E-state index contributed by atoms with van der Waals surface area (Å²) in [5.41, 5.74) is 0.791. The molecule has 0 aromatic heterocycles. The summed E-state index contributed by atoms with van der Waals surface area (Å²) in [5, 5.41) is 0.504. The van der Waals surface area contributed by atoms with Crippen LogP contribution in [0, 0.1) is 0 Å². The second-order valence-electron chi connectivity index (χ2n) is 4.61. The minimum absolute atomic E-state index is 0.389. The number of hydrogen-bond donors (Lipinski definition) is 0. The second-order valence-corrected chi connectivity index (χ2v) is 5.04. The molecule has 0 heterocycles. The number of aliphatic imine (C=N–C) groups is 2. The van der Waals surface area contributed by atoms with E-state index in [-0.39, 0.29) is 0 Å². The van der Waals surface area contributed by atoms with Gasteiger partial charge in [-0.3, -0.25) is 0 Å². The van der Waals surface area contributed by atoms with Gasteiger partial charge in [0.25, 0.3) is 0 Å². The maximum absolute atomic E-state index is 10.1. The van der Waals surface area contributed by atoms with Crippen LogP contribution in [0.5, 0.6) is 23.0 Å². The molecule has 0 atom stereocenters. The summed E-state index contributed by atoms with van der Waals surface area (Å²) in [6, 6.07) is 7.95. The molecule has 2 rings (SSSR count). The highest BCUT2D eigenvalue weighted by atomic mass is 35.5. The first kappa shape index (κ1) is 21.7. The molecule has 0 aliphatic heterocycles. The van der Waals surface area contributed by atoms with E-state index in [1.165, 1.54) is 46.7 Å². The quantitative estimate of drug-likeness (QED) is 0.544. The fraction of sp³-hybridized carbons (Fsp3) is 0.222. The second kappa shape index (κ2) is 11.3. The first-order chi connectivity index (χ1) is 13.0. The van der Waals surface area contributed by atoms with Gasteiger partial charge in [-0.25, -0.2) is 9.59 Å². The largest absolute Gasteiger partial charge is 0.494 e. The predicted molar refractivity (Wildman–Crippen MR) is 99.7 cm³/mol. The van der Waals surface area contributed by atoms with Crippen molar-refractivity contribution in [2.75, 3.05) is 28.4 Å². The van der Waals surface area contributed by atoms with E-state index in [1.54, 1.807) is 24.3 Å². The van der Waals surface area contributed by atoms with Crippen LogP contribution >= 0.6 is 11.6 Å². The first-order valence-corrected chi connectivity index (χ1v) is 7.71. The maximum atomic E-state index is 10.1. The van der Waals surface area contributed by atoms with Gasteiger partial charge in [0, 0.05) is 17.2 Å². The standard InChI is InChI=1S/C10H11NO4.C8H6ClNO2/c1-13-8-4-7(11-6-12)5-9(14-2)10(8)15-3;1-12-8-3-2-6(9)4-7(8)10-5-11/h4-5H,1-3H3;2-4H,1H3. The molecule has 0 amide bonds. The van der Waals surface area contributed by atoms with Crippen molar-refractivity contribution in [2.24, 2.45) is 9.98 Å². The highest BCUT2D eigenvalue weighted by molar-refractivity contribution is 6.30. The Morgan fingerprint density at radius 1 is 0.778 bits per heavy atom. The molecule has 0 unspecified atom stereocenters. The molecule has 2 aromatic rings. The van der Waals surface area contributed by atoms with Crippen LogP contribution in [0.15, 0.2) is 40.3 Å². The molecular weight excluding hydrogens is 376 g/mol. The number of carbonyl (C=O) groups excluding carboxylic acids is 2. The molecule has 0 radical (unpaired) electrons. The zero-order chi connectivity index (χ0) is 20.2. The van der Waals surface area contributed by atoms with E-state index in [4.69, 9.17) is 30.5 Å². The normalized spacial score (nSPS) is 8.93. The van der Waals surface area contributed by atoms with Crippen LogP contribution in [-0.2, 0) is 9.59 Å². The van der Waals surface area contributed by atoms with Gasteiger partial charge in [-0.05, 0) is 18.2 Å². The van der Waals surface area contributed by atoms with Crippen LogP contribution in [0.4, 0.5) is 11.4 Å². The lowest BCUT2D eigenvalue weighted by molar-refractivity contribution is 0.324. The fourth-order valence-corrected chi connectivity index (χ4v) is 2.15. The number of rotatable bonds is 6. The molecule has 0 fully saturated rings. The lowest BCUT2D eigenvalue weighted by Gasteiger charge is -2.11. The molecule has 0 N–H and O–H groups in total. The topological polar surface area (TPSA) is 95.8 Å². The Kier molecular flexibility index (Phi) is 9.12. The van der Waals surface area contributed by atoms with Gasteiger partial charge in [0.2, 0.25) is 17.9 Å². The summed E-state index contributed by atoms with van der Waals surface area (Å²) in [4.78, 5) is 27.0. The zero-order valence-electron chi connectivity index (χ0n) is 15.1. The van der Waals surface area contributed by atoms with E-state index >= 15 is 0 Å². The summed E-state index contributed by atoms with van der Waals surface area (Å²) in [6.45, 7) is 0. The third-order valence-corrected chi connectivity index (χ3v) is 3.37. The highest BCUT2D eigenvalue weighted by Gasteiger charge is 2.12. The lowest BCUT2D eigenvalue weighted by atomic mass is 10.2. The molecule has 142 valence electrons. The van der Waals surface area contributed by atoms with Crippen LogP contribution in [-0.4, -0.2) is 40.6 Å². The number of methoxy groups -OCH3 is 4. The third-order valence-electron chi connectivity index (χ3n) is 3.13.